The van der Waals surface area contributed by atoms with Gasteiger partial charge in [-0.05, 0) is 6.07 Å². The van der Waals surface area contributed by atoms with Gasteiger partial charge in [0.15, 0.2) is 5.65 Å². The number of rotatable bonds is 1. The van der Waals surface area contributed by atoms with Gasteiger partial charge in [0, 0.05) is 30.3 Å². The highest BCUT2D eigenvalue weighted by atomic mass is 16.4. The van der Waals surface area contributed by atoms with E-state index in [1.807, 2.05) is 0 Å². The van der Waals surface area contributed by atoms with Crippen LogP contribution in [0.5, 0.6) is 0 Å². The van der Waals surface area contributed by atoms with Gasteiger partial charge in [0.05, 0.1) is 0 Å². The molecule has 0 atom stereocenters. The Hall–Kier alpha value is -1.40. The third kappa shape index (κ3) is 1.41. The van der Waals surface area contributed by atoms with E-state index in [2.05, 4.69) is 10.1 Å². The summed E-state index contributed by atoms with van der Waals surface area (Å²) in [5.74, 6) is 0. The molecule has 2 N–H and O–H groups in total. The average molecular weight is 177 g/mol. The van der Waals surface area contributed by atoms with Crippen molar-refractivity contribution in [2.24, 2.45) is 7.05 Å². The number of nitrogens with zero attached hydrogens (tertiary/aromatic N) is 3. The lowest BCUT2D eigenvalue weighted by Gasteiger charge is -1.96. The molecule has 66 valence electrons. The second-order valence-electron chi connectivity index (χ2n) is 2.86. The number of aromatic nitrogens is 3. The lowest BCUT2D eigenvalue weighted by Crippen LogP contribution is -2.29. The van der Waals surface area contributed by atoms with Crippen molar-refractivity contribution in [1.29, 1.82) is 0 Å². The molecule has 5 nitrogen and oxygen atoms in total. The van der Waals surface area contributed by atoms with Crippen LogP contribution in [0.3, 0.4) is 0 Å². The first-order chi connectivity index (χ1) is 6.16. The van der Waals surface area contributed by atoms with Gasteiger partial charge in [0.25, 0.3) is 0 Å². The maximum Gasteiger partial charge on any atom is 0.490 e. The van der Waals surface area contributed by atoms with Crippen molar-refractivity contribution in [2.75, 3.05) is 0 Å². The van der Waals surface area contributed by atoms with Crippen LogP contribution in [0.15, 0.2) is 18.5 Å². The van der Waals surface area contributed by atoms with E-state index in [1.165, 1.54) is 6.20 Å². The Labute approximate surface area is 74.8 Å². The van der Waals surface area contributed by atoms with Crippen LogP contribution in [0, 0.1) is 0 Å². The van der Waals surface area contributed by atoms with E-state index >= 15 is 0 Å². The summed E-state index contributed by atoms with van der Waals surface area (Å²) in [6.45, 7) is 0. The molecule has 0 unspecified atom stereocenters. The molecule has 0 saturated heterocycles. The summed E-state index contributed by atoms with van der Waals surface area (Å²) in [5.41, 5.74) is 0.979. The normalized spacial score (nSPS) is 10.7. The van der Waals surface area contributed by atoms with E-state index in [9.17, 15) is 0 Å². The van der Waals surface area contributed by atoms with Crippen LogP contribution in [-0.4, -0.2) is 31.9 Å². The molecule has 0 saturated carbocycles. The number of aryl methyl sites for hydroxylation is 1. The highest BCUT2D eigenvalue weighted by molar-refractivity contribution is 6.58. The quantitative estimate of drug-likeness (QED) is 0.528. The van der Waals surface area contributed by atoms with Gasteiger partial charge >= 0.3 is 7.12 Å². The lowest BCUT2D eigenvalue weighted by atomic mass is 9.81. The molecule has 0 bridgehead atoms. The van der Waals surface area contributed by atoms with Crippen LogP contribution in [0.2, 0.25) is 0 Å². The molecule has 0 aliphatic heterocycles. The van der Waals surface area contributed by atoms with E-state index in [-0.39, 0.29) is 0 Å². The molecule has 0 spiro atoms. The molecule has 0 aromatic carbocycles. The topological polar surface area (TPSA) is 71.2 Å². The summed E-state index contributed by atoms with van der Waals surface area (Å²) in [4.78, 5) is 3.97. The predicted octanol–water partition coefficient (Wildman–Crippen LogP) is -1.35. The first-order valence-electron chi connectivity index (χ1n) is 3.82. The fourth-order valence-corrected chi connectivity index (χ4v) is 1.19. The van der Waals surface area contributed by atoms with Crippen molar-refractivity contribution in [1.82, 2.24) is 14.8 Å². The molecular weight excluding hydrogens is 169 g/mol. The summed E-state index contributed by atoms with van der Waals surface area (Å²) in [5, 5.41) is 22.6. The van der Waals surface area contributed by atoms with Crippen molar-refractivity contribution in [2.45, 2.75) is 0 Å². The zero-order chi connectivity index (χ0) is 9.42. The molecule has 0 aliphatic carbocycles. The molecule has 0 radical (unpaired) electrons. The Kier molecular flexibility index (Phi) is 1.79. The van der Waals surface area contributed by atoms with Crippen LogP contribution in [-0.2, 0) is 7.05 Å². The molecule has 0 aliphatic rings. The fraction of sp³-hybridized carbons (Fsp3) is 0.143. The summed E-state index contributed by atoms with van der Waals surface area (Å²) in [7, 11) is 0.314. The van der Waals surface area contributed by atoms with Crippen LogP contribution in [0.1, 0.15) is 0 Å². The van der Waals surface area contributed by atoms with Gasteiger partial charge in [-0.15, -0.1) is 0 Å². The van der Waals surface area contributed by atoms with Gasteiger partial charge in [-0.2, -0.15) is 5.10 Å². The maximum absolute atomic E-state index is 8.88. The third-order valence-corrected chi connectivity index (χ3v) is 1.79. The van der Waals surface area contributed by atoms with Gasteiger partial charge in [0.1, 0.15) is 0 Å². The Morgan fingerprint density at radius 1 is 1.46 bits per heavy atom. The third-order valence-electron chi connectivity index (χ3n) is 1.79. The van der Waals surface area contributed by atoms with Gasteiger partial charge in [-0.3, -0.25) is 4.68 Å². The van der Waals surface area contributed by atoms with Gasteiger partial charge < -0.3 is 10.0 Å². The highest BCUT2D eigenvalue weighted by Crippen LogP contribution is 2.05. The summed E-state index contributed by atoms with van der Waals surface area (Å²) in [6, 6.07) is 1.65. The number of fused-ring (bicyclic) bond motifs is 1. The second-order valence-corrected chi connectivity index (χ2v) is 2.86. The zero-order valence-electron chi connectivity index (χ0n) is 7.05. The molecule has 0 amide bonds. The van der Waals surface area contributed by atoms with Crippen molar-refractivity contribution in [3.8, 4) is 0 Å². The van der Waals surface area contributed by atoms with Gasteiger partial charge in [-0.1, -0.05) is 0 Å². The molecule has 0 fully saturated rings. The Bertz CT molecular complexity index is 440. The standard InChI is InChI=1S/C7H8BN3O2/c1-11-4-5-2-6(8(12)13)3-9-7(5)10-11/h2-4,12-13H,1H3. The lowest BCUT2D eigenvalue weighted by molar-refractivity contribution is 0.425. The van der Waals surface area contributed by atoms with E-state index in [1.54, 1.807) is 24.0 Å². The largest absolute Gasteiger partial charge is 0.490 e. The number of pyridine rings is 1. The van der Waals surface area contributed by atoms with E-state index in [0.717, 1.165) is 5.39 Å². The zero-order valence-corrected chi connectivity index (χ0v) is 7.05. The number of hydrogen-bond donors (Lipinski definition) is 2. The maximum atomic E-state index is 8.88. The fourth-order valence-electron chi connectivity index (χ4n) is 1.19. The Balaban J connectivity index is 2.61. The second kappa shape index (κ2) is 2.83. The van der Waals surface area contributed by atoms with Gasteiger partial charge in [-0.25, -0.2) is 4.98 Å². The summed E-state index contributed by atoms with van der Waals surface area (Å²) in [6.07, 6.45) is 3.17. The van der Waals surface area contributed by atoms with Crippen LogP contribution < -0.4 is 5.46 Å². The van der Waals surface area contributed by atoms with E-state index < -0.39 is 7.12 Å². The van der Waals surface area contributed by atoms with Crippen LogP contribution in [0.25, 0.3) is 11.0 Å². The average Bonchev–Trinajstić information content (AvgIpc) is 2.42. The first-order valence-corrected chi connectivity index (χ1v) is 3.82. The Morgan fingerprint density at radius 2 is 2.23 bits per heavy atom. The van der Waals surface area contributed by atoms with E-state index in [0.29, 0.717) is 11.1 Å². The van der Waals surface area contributed by atoms with E-state index in [4.69, 9.17) is 10.0 Å². The van der Waals surface area contributed by atoms with Crippen molar-refractivity contribution >= 4 is 23.6 Å². The molecule has 2 rings (SSSR count). The SMILES string of the molecule is Cn1cc2cc(B(O)O)cnc2n1. The number of hydrogen-bond acceptors (Lipinski definition) is 4. The molecule has 2 heterocycles. The first kappa shape index (κ1) is 8.21. The minimum absolute atomic E-state index is 0.375. The molecule has 2 aromatic heterocycles. The van der Waals surface area contributed by atoms with Gasteiger partial charge in [0.2, 0.25) is 0 Å². The monoisotopic (exact) mass is 177 g/mol. The Morgan fingerprint density at radius 3 is 2.92 bits per heavy atom. The van der Waals surface area contributed by atoms with Crippen LogP contribution in [0.4, 0.5) is 0 Å². The molecule has 6 heteroatoms. The predicted molar refractivity (Wildman–Crippen MR) is 48.3 cm³/mol. The molecule has 13 heavy (non-hydrogen) atoms. The van der Waals surface area contributed by atoms with Crippen molar-refractivity contribution in [3.05, 3.63) is 18.5 Å². The van der Waals surface area contributed by atoms with Crippen molar-refractivity contribution < 1.29 is 10.0 Å². The highest BCUT2D eigenvalue weighted by Gasteiger charge is 2.12. The molecule has 2 aromatic rings. The minimum atomic E-state index is -1.47. The molecular formula is C7H8BN3O2. The summed E-state index contributed by atoms with van der Waals surface area (Å²) >= 11 is 0. The minimum Gasteiger partial charge on any atom is -0.423 e. The van der Waals surface area contributed by atoms with Crippen LogP contribution >= 0.6 is 0 Å². The smallest absolute Gasteiger partial charge is 0.423 e. The van der Waals surface area contributed by atoms with Crippen molar-refractivity contribution in [3.63, 3.8) is 0 Å². The summed E-state index contributed by atoms with van der Waals surface area (Å²) < 4.78 is 1.63.